The molecule has 5 heteroatoms. The van der Waals surface area contributed by atoms with Gasteiger partial charge in [-0.05, 0) is 61.5 Å². The number of nitrogens with zero attached hydrogens (tertiary/aromatic N) is 2. The van der Waals surface area contributed by atoms with Gasteiger partial charge in [-0.3, -0.25) is 14.6 Å². The molecule has 0 saturated carbocycles. The number of carboxylic acids is 1. The van der Waals surface area contributed by atoms with E-state index in [0.717, 1.165) is 45.3 Å². The first-order chi connectivity index (χ1) is 10.2. The largest absolute Gasteiger partial charge is 0.480 e. The second-order valence-corrected chi connectivity index (χ2v) is 7.01. The maximum atomic E-state index is 11.3. The molecule has 2 saturated heterocycles. The minimum absolute atomic E-state index is 0.240. The van der Waals surface area contributed by atoms with Crippen molar-refractivity contribution in [1.29, 1.82) is 0 Å². The summed E-state index contributed by atoms with van der Waals surface area (Å²) in [6.45, 7) is 5.38. The molecule has 0 amide bonds. The summed E-state index contributed by atoms with van der Waals surface area (Å²) in [5.41, 5.74) is 1.41. The maximum Gasteiger partial charge on any atom is 0.320 e. The number of carbonyl (C=O) groups is 1. The molecule has 2 aliphatic rings. The Morgan fingerprint density at radius 2 is 2.10 bits per heavy atom. The normalized spacial score (nSPS) is 27.0. The highest BCUT2D eigenvalue weighted by Crippen LogP contribution is 2.30. The molecule has 3 rings (SSSR count). The van der Waals surface area contributed by atoms with Crippen LogP contribution in [0.4, 0.5) is 0 Å². The van der Waals surface area contributed by atoms with Gasteiger partial charge in [0.25, 0.3) is 0 Å². The molecule has 21 heavy (non-hydrogen) atoms. The van der Waals surface area contributed by atoms with Crippen molar-refractivity contribution in [3.63, 3.8) is 0 Å². The van der Waals surface area contributed by atoms with Crippen molar-refractivity contribution in [2.45, 2.75) is 50.7 Å². The van der Waals surface area contributed by atoms with Crippen molar-refractivity contribution in [3.8, 4) is 0 Å². The molecule has 2 atom stereocenters. The Kier molecular flexibility index (Phi) is 4.62. The van der Waals surface area contributed by atoms with E-state index in [9.17, 15) is 9.90 Å². The van der Waals surface area contributed by atoms with Gasteiger partial charge in [-0.25, -0.2) is 0 Å². The minimum Gasteiger partial charge on any atom is -0.480 e. The van der Waals surface area contributed by atoms with Gasteiger partial charge < -0.3 is 5.11 Å². The second kappa shape index (κ2) is 6.46. The first-order valence-electron chi connectivity index (χ1n) is 7.91. The van der Waals surface area contributed by atoms with E-state index < -0.39 is 5.97 Å². The molecule has 0 aliphatic carbocycles. The van der Waals surface area contributed by atoms with Crippen molar-refractivity contribution in [2.75, 3.05) is 19.6 Å². The molecule has 116 valence electrons. The van der Waals surface area contributed by atoms with E-state index in [1.165, 1.54) is 5.56 Å². The fourth-order valence-electron chi connectivity index (χ4n) is 3.82. The van der Waals surface area contributed by atoms with Crippen LogP contribution in [0.3, 0.4) is 0 Å². The van der Waals surface area contributed by atoms with Crippen LogP contribution in [0.2, 0.25) is 0 Å². The standard InChI is InChI=1S/C16H24N2O2S/c1-12(13-6-10-21-11-13)17-8-4-14(5-9-17)18-7-2-3-15(18)16(19)20/h6,10-12,14-15H,2-5,7-9H2,1H3,(H,19,20). The van der Waals surface area contributed by atoms with Gasteiger partial charge in [-0.15, -0.1) is 0 Å². The fourth-order valence-corrected chi connectivity index (χ4v) is 4.57. The van der Waals surface area contributed by atoms with Gasteiger partial charge in [-0.2, -0.15) is 11.3 Å². The Morgan fingerprint density at radius 3 is 2.71 bits per heavy atom. The smallest absolute Gasteiger partial charge is 0.320 e. The van der Waals surface area contributed by atoms with Gasteiger partial charge in [0.2, 0.25) is 0 Å². The van der Waals surface area contributed by atoms with E-state index in [4.69, 9.17) is 0 Å². The summed E-state index contributed by atoms with van der Waals surface area (Å²) in [6.07, 6.45) is 4.04. The molecule has 0 aromatic carbocycles. The molecule has 2 unspecified atom stereocenters. The molecule has 1 aromatic heterocycles. The van der Waals surface area contributed by atoms with Crippen LogP contribution < -0.4 is 0 Å². The predicted molar refractivity (Wildman–Crippen MR) is 84.7 cm³/mol. The van der Waals surface area contributed by atoms with Crippen molar-refractivity contribution in [3.05, 3.63) is 22.4 Å². The third kappa shape index (κ3) is 3.15. The van der Waals surface area contributed by atoms with Crippen molar-refractivity contribution in [2.24, 2.45) is 0 Å². The van der Waals surface area contributed by atoms with Crippen LogP contribution in [0.5, 0.6) is 0 Å². The van der Waals surface area contributed by atoms with E-state index in [0.29, 0.717) is 12.1 Å². The lowest BCUT2D eigenvalue weighted by Gasteiger charge is -2.40. The van der Waals surface area contributed by atoms with Gasteiger partial charge in [0.05, 0.1) is 0 Å². The molecule has 0 radical (unpaired) electrons. The van der Waals surface area contributed by atoms with Crippen LogP contribution in [0, 0.1) is 0 Å². The molecular formula is C16H24N2O2S. The SMILES string of the molecule is CC(c1ccsc1)N1CCC(N2CCCC2C(=O)O)CC1. The number of piperidine rings is 1. The number of carboxylic acid groups (broad SMARTS) is 1. The number of aliphatic carboxylic acids is 1. The zero-order valence-electron chi connectivity index (χ0n) is 12.6. The van der Waals surface area contributed by atoms with Crippen molar-refractivity contribution >= 4 is 17.3 Å². The number of hydrogen-bond donors (Lipinski definition) is 1. The number of rotatable bonds is 4. The van der Waals surface area contributed by atoms with Gasteiger partial charge in [0, 0.05) is 25.2 Å². The summed E-state index contributed by atoms with van der Waals surface area (Å²) in [5, 5.41) is 13.7. The monoisotopic (exact) mass is 308 g/mol. The summed E-state index contributed by atoms with van der Waals surface area (Å²) in [6, 6.07) is 2.91. The van der Waals surface area contributed by atoms with E-state index >= 15 is 0 Å². The number of hydrogen-bond acceptors (Lipinski definition) is 4. The molecule has 4 nitrogen and oxygen atoms in total. The molecule has 0 bridgehead atoms. The molecule has 2 fully saturated rings. The van der Waals surface area contributed by atoms with Crippen LogP contribution in [0.1, 0.15) is 44.2 Å². The van der Waals surface area contributed by atoms with Gasteiger partial charge in [-0.1, -0.05) is 0 Å². The first-order valence-corrected chi connectivity index (χ1v) is 8.86. The van der Waals surface area contributed by atoms with Gasteiger partial charge in [0.15, 0.2) is 0 Å². The molecule has 0 spiro atoms. The van der Waals surface area contributed by atoms with E-state index in [-0.39, 0.29) is 6.04 Å². The minimum atomic E-state index is -0.637. The van der Waals surface area contributed by atoms with Crippen LogP contribution in [-0.4, -0.2) is 52.6 Å². The van der Waals surface area contributed by atoms with Gasteiger partial charge >= 0.3 is 5.97 Å². The highest BCUT2D eigenvalue weighted by molar-refractivity contribution is 7.07. The third-order valence-corrected chi connectivity index (χ3v) is 5.82. The highest BCUT2D eigenvalue weighted by atomic mass is 32.1. The number of thiophene rings is 1. The predicted octanol–water partition coefficient (Wildman–Crippen LogP) is 2.82. The Labute approximate surface area is 130 Å². The van der Waals surface area contributed by atoms with Crippen LogP contribution in [-0.2, 0) is 4.79 Å². The van der Waals surface area contributed by atoms with E-state index in [1.807, 2.05) is 0 Å². The second-order valence-electron chi connectivity index (χ2n) is 6.23. The summed E-state index contributed by atoms with van der Waals surface area (Å²) in [7, 11) is 0. The number of likely N-dealkylation sites (tertiary alicyclic amines) is 2. The average Bonchev–Trinajstić information content (AvgIpc) is 3.18. The lowest BCUT2D eigenvalue weighted by molar-refractivity contribution is -0.143. The molecular weight excluding hydrogens is 284 g/mol. The van der Waals surface area contributed by atoms with Crippen LogP contribution in [0.15, 0.2) is 16.8 Å². The Hall–Kier alpha value is -0.910. The summed E-state index contributed by atoms with van der Waals surface area (Å²) in [4.78, 5) is 16.1. The molecule has 1 N–H and O–H groups in total. The van der Waals surface area contributed by atoms with E-state index in [2.05, 4.69) is 33.6 Å². The van der Waals surface area contributed by atoms with Gasteiger partial charge in [0.1, 0.15) is 6.04 Å². The lowest BCUT2D eigenvalue weighted by atomic mass is 9.99. The maximum absolute atomic E-state index is 11.3. The van der Waals surface area contributed by atoms with E-state index in [1.54, 1.807) is 11.3 Å². The summed E-state index contributed by atoms with van der Waals surface area (Å²) in [5.74, 6) is -0.637. The summed E-state index contributed by atoms with van der Waals surface area (Å²) >= 11 is 1.76. The molecule has 1 aromatic rings. The highest BCUT2D eigenvalue weighted by Gasteiger charge is 2.37. The molecule has 3 heterocycles. The van der Waals surface area contributed by atoms with Crippen LogP contribution >= 0.6 is 11.3 Å². The third-order valence-electron chi connectivity index (χ3n) is 5.12. The topological polar surface area (TPSA) is 43.8 Å². The Balaban J connectivity index is 1.56. The zero-order chi connectivity index (χ0) is 14.8. The van der Waals surface area contributed by atoms with Crippen LogP contribution in [0.25, 0.3) is 0 Å². The summed E-state index contributed by atoms with van der Waals surface area (Å²) < 4.78 is 0. The van der Waals surface area contributed by atoms with Crippen molar-refractivity contribution in [1.82, 2.24) is 9.80 Å². The fraction of sp³-hybridized carbons (Fsp3) is 0.688. The average molecular weight is 308 g/mol. The molecule has 2 aliphatic heterocycles. The first kappa shape index (κ1) is 15.0. The Bertz CT molecular complexity index is 469. The van der Waals surface area contributed by atoms with Crippen molar-refractivity contribution < 1.29 is 9.90 Å². The Morgan fingerprint density at radius 1 is 1.33 bits per heavy atom. The quantitative estimate of drug-likeness (QED) is 0.929. The zero-order valence-corrected chi connectivity index (χ0v) is 13.4. The lowest BCUT2D eigenvalue weighted by Crippen LogP contribution is -2.49.